The second-order valence-electron chi connectivity index (χ2n) is 7.55. The second kappa shape index (κ2) is 8.47. The molecule has 4 heterocycles. The largest absolute Gasteiger partial charge is 0.494 e. The van der Waals surface area contributed by atoms with Crippen molar-refractivity contribution in [1.82, 2.24) is 9.97 Å². The van der Waals surface area contributed by atoms with Gasteiger partial charge in [-0.25, -0.2) is 4.99 Å². The Morgan fingerprint density at radius 2 is 1.44 bits per heavy atom. The monoisotopic (exact) mass is 363 g/mol. The molecule has 27 heavy (non-hydrogen) atoms. The average molecular weight is 364 g/mol. The molecule has 0 saturated carbocycles. The maximum atomic E-state index is 5.56. The number of methoxy groups -OCH3 is 1. The maximum absolute atomic E-state index is 5.56. The van der Waals surface area contributed by atoms with Gasteiger partial charge in [-0.3, -0.25) is 0 Å². The summed E-state index contributed by atoms with van der Waals surface area (Å²) in [7, 11) is 1.71. The molecule has 4 rings (SSSR count). The summed E-state index contributed by atoms with van der Waals surface area (Å²) in [5.41, 5.74) is 6.55. The normalized spacial score (nSPS) is 18.6. The number of hydrogen-bond donors (Lipinski definition) is 2. The van der Waals surface area contributed by atoms with Gasteiger partial charge in [0.25, 0.3) is 0 Å². The topological polar surface area (TPSA) is 53.2 Å². The fourth-order valence-electron chi connectivity index (χ4n) is 3.91. The molecule has 2 aromatic heterocycles. The summed E-state index contributed by atoms with van der Waals surface area (Å²) in [4.78, 5) is 11.9. The molecule has 4 nitrogen and oxygen atoms in total. The Labute approximate surface area is 161 Å². The maximum Gasteiger partial charge on any atom is 0.146 e. The number of allylic oxidation sites excluding steroid dienone is 1. The van der Waals surface area contributed by atoms with E-state index in [1.165, 1.54) is 56.3 Å². The first-order chi connectivity index (χ1) is 13.3. The molecule has 0 aliphatic carbocycles. The number of hydrogen-bond acceptors (Lipinski definition) is 2. The molecule has 0 aromatic carbocycles. The minimum atomic E-state index is 0.812. The summed E-state index contributed by atoms with van der Waals surface area (Å²) in [5.74, 6) is 0.812. The van der Waals surface area contributed by atoms with Crippen LogP contribution in [0.15, 0.2) is 46.8 Å². The van der Waals surface area contributed by atoms with E-state index in [1.54, 1.807) is 7.11 Å². The Hall–Kier alpha value is -2.49. The van der Waals surface area contributed by atoms with E-state index >= 15 is 0 Å². The molecule has 0 amide bonds. The molecule has 0 atom stereocenters. The van der Waals surface area contributed by atoms with E-state index in [-0.39, 0.29) is 0 Å². The number of aromatic amines is 2. The number of aryl methyl sites for hydroxylation is 2. The summed E-state index contributed by atoms with van der Waals surface area (Å²) in [6.45, 7) is 0. The third kappa shape index (κ3) is 4.44. The van der Waals surface area contributed by atoms with E-state index in [0.29, 0.717) is 0 Å². The van der Waals surface area contributed by atoms with Crippen LogP contribution in [0.25, 0.3) is 6.08 Å². The van der Waals surface area contributed by atoms with Gasteiger partial charge in [0.2, 0.25) is 0 Å². The first-order valence-corrected chi connectivity index (χ1v) is 10.2. The molecular weight excluding hydrogens is 334 g/mol. The molecule has 0 unspecified atom stereocenters. The van der Waals surface area contributed by atoms with Gasteiger partial charge in [0.05, 0.1) is 18.5 Å². The minimum absolute atomic E-state index is 0.812. The van der Waals surface area contributed by atoms with E-state index in [4.69, 9.17) is 9.73 Å². The number of H-pyrrole nitrogens is 2. The van der Waals surface area contributed by atoms with Crippen molar-refractivity contribution in [2.24, 2.45) is 4.99 Å². The van der Waals surface area contributed by atoms with Crippen molar-refractivity contribution in [3.05, 3.63) is 64.6 Å². The molecule has 2 N–H and O–H groups in total. The number of aromatic nitrogens is 2. The van der Waals surface area contributed by atoms with E-state index in [9.17, 15) is 0 Å². The Morgan fingerprint density at radius 3 is 2.19 bits per heavy atom. The SMILES string of the molecule is COC1=CC2=NC1=Cc1ccc([nH]1)CCCCCCCCCc1ccc2[nH]1. The second-order valence-corrected chi connectivity index (χ2v) is 7.55. The van der Waals surface area contributed by atoms with E-state index < -0.39 is 0 Å². The summed E-state index contributed by atoms with van der Waals surface area (Å²) in [6, 6.07) is 8.65. The lowest BCUT2D eigenvalue weighted by Gasteiger charge is -2.02. The number of ether oxygens (including phenoxy) is 1. The standard InChI is InChI=1S/C23H29N3O/c1-27-23-16-21-20-14-13-18(25-20)10-8-6-4-2-3-5-7-9-17-11-12-19(24-17)15-22(23)26-21/h11-16,24-25H,2-10H2,1H3. The molecule has 2 aliphatic heterocycles. The van der Waals surface area contributed by atoms with Crippen molar-refractivity contribution >= 4 is 11.8 Å². The van der Waals surface area contributed by atoms with Crippen LogP contribution < -0.4 is 0 Å². The van der Waals surface area contributed by atoms with Crippen molar-refractivity contribution in [2.75, 3.05) is 7.11 Å². The third-order valence-corrected chi connectivity index (χ3v) is 5.46. The van der Waals surface area contributed by atoms with Crippen LogP contribution in [0.1, 0.15) is 67.7 Å². The minimum Gasteiger partial charge on any atom is -0.494 e. The van der Waals surface area contributed by atoms with Gasteiger partial charge in [-0.05, 0) is 56.0 Å². The molecule has 0 radical (unpaired) electrons. The summed E-state index contributed by atoms with van der Waals surface area (Å²) in [5, 5.41) is 0. The Morgan fingerprint density at radius 1 is 0.778 bits per heavy atom. The Balaban J connectivity index is 1.61. The zero-order valence-electron chi connectivity index (χ0n) is 16.2. The van der Waals surface area contributed by atoms with Crippen molar-refractivity contribution in [2.45, 2.75) is 57.8 Å². The quantitative estimate of drug-likeness (QED) is 0.686. The van der Waals surface area contributed by atoms with Crippen LogP contribution in [0.3, 0.4) is 0 Å². The van der Waals surface area contributed by atoms with Gasteiger partial charge >= 0.3 is 0 Å². The van der Waals surface area contributed by atoms with Crippen LogP contribution in [0, 0.1) is 0 Å². The predicted molar refractivity (Wildman–Crippen MR) is 111 cm³/mol. The first-order valence-electron chi connectivity index (χ1n) is 10.2. The van der Waals surface area contributed by atoms with Gasteiger partial charge in [-0.2, -0.15) is 0 Å². The van der Waals surface area contributed by atoms with Gasteiger partial charge in [0.15, 0.2) is 0 Å². The molecule has 142 valence electrons. The van der Waals surface area contributed by atoms with Crippen molar-refractivity contribution < 1.29 is 4.74 Å². The highest BCUT2D eigenvalue weighted by Gasteiger charge is 2.18. The number of fused-ring (bicyclic) bond motifs is 6. The lowest BCUT2D eigenvalue weighted by molar-refractivity contribution is 0.303. The molecule has 2 aromatic rings. The summed E-state index contributed by atoms with van der Waals surface area (Å²) >= 11 is 0. The third-order valence-electron chi connectivity index (χ3n) is 5.46. The lowest BCUT2D eigenvalue weighted by Crippen LogP contribution is -1.95. The average Bonchev–Trinajstić information content (AvgIpc) is 3.39. The van der Waals surface area contributed by atoms with Crippen LogP contribution >= 0.6 is 0 Å². The lowest BCUT2D eigenvalue weighted by atomic mass is 10.1. The van der Waals surface area contributed by atoms with Crippen molar-refractivity contribution in [3.63, 3.8) is 0 Å². The smallest absolute Gasteiger partial charge is 0.146 e. The van der Waals surface area contributed by atoms with Gasteiger partial charge < -0.3 is 14.7 Å². The number of nitrogens with one attached hydrogen (secondary N) is 2. The molecule has 2 aliphatic rings. The molecule has 0 spiro atoms. The van der Waals surface area contributed by atoms with Gasteiger partial charge in [0.1, 0.15) is 11.5 Å². The molecular formula is C23H29N3O. The molecule has 0 fully saturated rings. The van der Waals surface area contributed by atoms with Crippen LogP contribution in [-0.2, 0) is 17.6 Å². The van der Waals surface area contributed by atoms with Crippen molar-refractivity contribution in [1.29, 1.82) is 0 Å². The number of nitrogens with zero attached hydrogens (tertiary/aromatic N) is 1. The molecule has 4 heteroatoms. The fraction of sp³-hybridized carbons (Fsp3) is 0.435. The Kier molecular flexibility index (Phi) is 5.61. The van der Waals surface area contributed by atoms with Gasteiger partial charge in [-0.15, -0.1) is 0 Å². The number of rotatable bonds is 1. The summed E-state index contributed by atoms with van der Waals surface area (Å²) in [6.07, 6.45) is 15.5. The fourth-order valence-corrected chi connectivity index (χ4v) is 3.91. The van der Waals surface area contributed by atoms with Gasteiger partial charge in [-0.1, -0.05) is 32.1 Å². The van der Waals surface area contributed by atoms with Crippen LogP contribution in [-0.4, -0.2) is 22.8 Å². The van der Waals surface area contributed by atoms with Crippen LogP contribution in [0.5, 0.6) is 0 Å². The Bertz CT molecular complexity index is 866. The number of aliphatic imine (C=N–C) groups is 1. The zero-order chi connectivity index (χ0) is 18.5. The predicted octanol–water partition coefficient (Wildman–Crippen LogP) is 5.55. The summed E-state index contributed by atoms with van der Waals surface area (Å²) < 4.78 is 5.56. The van der Waals surface area contributed by atoms with Gasteiger partial charge in [0, 0.05) is 23.2 Å². The molecule has 0 saturated heterocycles. The highest BCUT2D eigenvalue weighted by atomic mass is 16.5. The van der Waals surface area contributed by atoms with Crippen LogP contribution in [0.4, 0.5) is 0 Å². The first kappa shape index (κ1) is 17.9. The van der Waals surface area contributed by atoms with E-state index in [1.807, 2.05) is 6.08 Å². The van der Waals surface area contributed by atoms with Crippen LogP contribution in [0.2, 0.25) is 0 Å². The van der Waals surface area contributed by atoms with E-state index in [0.717, 1.165) is 41.4 Å². The zero-order valence-corrected chi connectivity index (χ0v) is 16.2. The highest BCUT2D eigenvalue weighted by Crippen LogP contribution is 2.25. The van der Waals surface area contributed by atoms with Crippen molar-refractivity contribution in [3.8, 4) is 0 Å². The highest BCUT2D eigenvalue weighted by molar-refractivity contribution is 6.11. The van der Waals surface area contributed by atoms with E-state index in [2.05, 4.69) is 40.3 Å². The molecule has 6 bridgehead atoms.